The maximum Gasteiger partial charge on any atom is 0.151 e. The molecule has 1 fully saturated rings. The lowest BCUT2D eigenvalue weighted by Gasteiger charge is -2.32. The fraction of sp³-hybridized carbons (Fsp3) is 0.333. The second kappa shape index (κ2) is 7.43. The Kier molecular flexibility index (Phi) is 5.32. The predicted octanol–water partition coefficient (Wildman–Crippen LogP) is 3.49. The maximum atomic E-state index is 6.01. The molecule has 0 amide bonds. The molecule has 7 heteroatoms. The van der Waals surface area contributed by atoms with Crippen molar-refractivity contribution < 1.29 is 4.52 Å². The molecular weight excluding hydrogens is 415 g/mol. The van der Waals surface area contributed by atoms with Gasteiger partial charge in [-0.15, -0.1) is 0 Å². The van der Waals surface area contributed by atoms with Crippen LogP contribution in [0.1, 0.15) is 5.76 Å². The third kappa shape index (κ3) is 3.99. The smallest absolute Gasteiger partial charge is 0.151 e. The van der Waals surface area contributed by atoms with E-state index in [0.29, 0.717) is 5.02 Å². The van der Waals surface area contributed by atoms with E-state index < -0.39 is 0 Å². The average molecular weight is 431 g/mol. The van der Waals surface area contributed by atoms with Crippen molar-refractivity contribution in [3.8, 4) is 11.3 Å². The first-order valence-corrected chi connectivity index (χ1v) is 8.68. The average Bonchev–Trinajstić information content (AvgIpc) is 2.98. The molecule has 1 aliphatic rings. The van der Waals surface area contributed by atoms with Crippen LogP contribution in [0.2, 0.25) is 5.02 Å². The molecule has 1 aliphatic heterocycles. The van der Waals surface area contributed by atoms with Crippen LogP contribution in [0, 0.1) is 0 Å². The van der Waals surface area contributed by atoms with Gasteiger partial charge >= 0.3 is 0 Å². The number of aromatic nitrogens is 1. The summed E-state index contributed by atoms with van der Waals surface area (Å²) in [7, 11) is 0. The van der Waals surface area contributed by atoms with Crippen LogP contribution < -0.4 is 0 Å². The zero-order valence-corrected chi connectivity index (χ0v) is 14.9. The summed E-state index contributed by atoms with van der Waals surface area (Å²) >= 11 is 8.16. The van der Waals surface area contributed by atoms with Crippen LogP contribution in [0.3, 0.4) is 0 Å². The van der Waals surface area contributed by atoms with Crippen LogP contribution >= 0.6 is 34.2 Å². The SMILES string of the molecule is Clc1cccc(-c2cc(CN3CCN(N=CI)CC3)on2)c1. The Hall–Kier alpha value is -1.12. The van der Waals surface area contributed by atoms with E-state index in [1.807, 2.05) is 30.3 Å². The first kappa shape index (κ1) is 15.8. The van der Waals surface area contributed by atoms with E-state index in [9.17, 15) is 0 Å². The molecule has 22 heavy (non-hydrogen) atoms. The van der Waals surface area contributed by atoms with Crippen LogP contribution in [-0.2, 0) is 6.54 Å². The molecule has 0 atom stereocenters. The van der Waals surface area contributed by atoms with Crippen molar-refractivity contribution in [2.45, 2.75) is 6.54 Å². The van der Waals surface area contributed by atoms with Gasteiger partial charge < -0.3 is 4.52 Å². The first-order chi connectivity index (χ1) is 10.7. The van der Waals surface area contributed by atoms with Gasteiger partial charge in [0.1, 0.15) is 5.69 Å². The minimum atomic E-state index is 0.703. The highest BCUT2D eigenvalue weighted by Crippen LogP contribution is 2.23. The van der Waals surface area contributed by atoms with Crippen LogP contribution in [-0.4, -0.2) is 45.5 Å². The molecule has 0 unspecified atom stereocenters. The van der Waals surface area contributed by atoms with Crippen molar-refractivity contribution >= 4 is 38.4 Å². The number of benzene rings is 1. The van der Waals surface area contributed by atoms with Crippen molar-refractivity contribution in [1.82, 2.24) is 15.1 Å². The molecule has 1 saturated heterocycles. The zero-order chi connectivity index (χ0) is 15.4. The van der Waals surface area contributed by atoms with Gasteiger partial charge in [-0.05, 0) is 34.7 Å². The molecule has 116 valence electrons. The van der Waals surface area contributed by atoms with Crippen molar-refractivity contribution in [3.05, 3.63) is 41.1 Å². The van der Waals surface area contributed by atoms with Crippen LogP contribution in [0.15, 0.2) is 40.0 Å². The van der Waals surface area contributed by atoms with Crippen molar-refractivity contribution in [3.63, 3.8) is 0 Å². The number of halogens is 2. The Bertz CT molecular complexity index is 652. The molecule has 0 saturated carbocycles. The van der Waals surface area contributed by atoms with E-state index in [4.69, 9.17) is 16.1 Å². The highest BCUT2D eigenvalue weighted by atomic mass is 127. The van der Waals surface area contributed by atoms with E-state index in [0.717, 1.165) is 49.7 Å². The van der Waals surface area contributed by atoms with E-state index in [1.54, 1.807) is 4.22 Å². The number of hydrogen-bond donors (Lipinski definition) is 0. The largest absolute Gasteiger partial charge is 0.359 e. The molecule has 2 heterocycles. The Morgan fingerprint density at radius 2 is 2.09 bits per heavy atom. The molecule has 0 aliphatic carbocycles. The highest BCUT2D eigenvalue weighted by Gasteiger charge is 2.17. The lowest BCUT2D eigenvalue weighted by Crippen LogP contribution is -2.43. The van der Waals surface area contributed by atoms with Crippen LogP contribution in [0.25, 0.3) is 11.3 Å². The minimum absolute atomic E-state index is 0.703. The molecular formula is C15H16ClIN4O. The maximum absolute atomic E-state index is 6.01. The number of hydrogen-bond acceptors (Lipinski definition) is 5. The predicted molar refractivity (Wildman–Crippen MR) is 96.3 cm³/mol. The highest BCUT2D eigenvalue weighted by molar-refractivity contribution is 14.1. The molecule has 0 bridgehead atoms. The number of hydrazone groups is 1. The fourth-order valence-corrected chi connectivity index (χ4v) is 3.01. The lowest BCUT2D eigenvalue weighted by molar-refractivity contribution is 0.122. The minimum Gasteiger partial charge on any atom is -0.359 e. The number of piperazine rings is 1. The van der Waals surface area contributed by atoms with E-state index in [1.165, 1.54) is 0 Å². The third-order valence-corrected chi connectivity index (χ3v) is 4.10. The summed E-state index contributed by atoms with van der Waals surface area (Å²) in [6.07, 6.45) is 0. The standard InChI is InChI=1S/C15H16ClIN4O/c16-13-3-1-2-12(8-13)15-9-14(22-19-15)10-20-4-6-21(7-5-20)18-11-17/h1-3,8-9,11H,4-7,10H2. The van der Waals surface area contributed by atoms with Crippen molar-refractivity contribution in [2.75, 3.05) is 26.2 Å². The molecule has 0 N–H and O–H groups in total. The summed E-state index contributed by atoms with van der Waals surface area (Å²) in [6.45, 7) is 4.60. The molecule has 2 aromatic rings. The molecule has 3 rings (SSSR count). The second-order valence-corrected chi connectivity index (χ2v) is 6.13. The zero-order valence-electron chi connectivity index (χ0n) is 12.0. The Morgan fingerprint density at radius 3 is 2.82 bits per heavy atom. The Balaban J connectivity index is 1.61. The molecule has 5 nitrogen and oxygen atoms in total. The fourth-order valence-electron chi connectivity index (χ4n) is 2.46. The van der Waals surface area contributed by atoms with Crippen LogP contribution in [0.5, 0.6) is 0 Å². The second-order valence-electron chi connectivity index (χ2n) is 5.13. The third-order valence-electron chi connectivity index (χ3n) is 3.61. The summed E-state index contributed by atoms with van der Waals surface area (Å²) in [5.41, 5.74) is 1.80. The molecule has 0 radical (unpaired) electrons. The lowest BCUT2D eigenvalue weighted by atomic mass is 10.1. The molecule has 1 aromatic heterocycles. The summed E-state index contributed by atoms with van der Waals surface area (Å²) in [6, 6.07) is 9.63. The van der Waals surface area contributed by atoms with Gasteiger partial charge in [0.05, 0.1) is 10.8 Å². The monoisotopic (exact) mass is 430 g/mol. The van der Waals surface area contributed by atoms with Gasteiger partial charge in [-0.2, -0.15) is 5.10 Å². The normalized spacial score (nSPS) is 16.5. The van der Waals surface area contributed by atoms with E-state index >= 15 is 0 Å². The number of nitrogens with zero attached hydrogens (tertiary/aromatic N) is 4. The van der Waals surface area contributed by atoms with Crippen molar-refractivity contribution in [1.29, 1.82) is 0 Å². The topological polar surface area (TPSA) is 44.9 Å². The van der Waals surface area contributed by atoms with Gasteiger partial charge in [0.2, 0.25) is 0 Å². The quantitative estimate of drug-likeness (QED) is 0.550. The summed E-state index contributed by atoms with van der Waals surface area (Å²) in [5, 5.41) is 11.2. The number of rotatable bonds is 4. The van der Waals surface area contributed by atoms with E-state index in [-0.39, 0.29) is 0 Å². The van der Waals surface area contributed by atoms with Gasteiger partial charge in [0, 0.05) is 42.8 Å². The van der Waals surface area contributed by atoms with Crippen LogP contribution in [0.4, 0.5) is 0 Å². The van der Waals surface area contributed by atoms with Gasteiger partial charge in [-0.25, -0.2) is 0 Å². The summed E-state index contributed by atoms with van der Waals surface area (Å²) in [5.74, 6) is 0.876. The first-order valence-electron chi connectivity index (χ1n) is 7.06. The van der Waals surface area contributed by atoms with E-state index in [2.05, 4.69) is 42.8 Å². The molecule has 1 aromatic carbocycles. The Morgan fingerprint density at radius 1 is 1.27 bits per heavy atom. The van der Waals surface area contributed by atoms with Gasteiger partial charge in [-0.1, -0.05) is 28.9 Å². The summed E-state index contributed by atoms with van der Waals surface area (Å²) < 4.78 is 7.26. The summed E-state index contributed by atoms with van der Waals surface area (Å²) in [4.78, 5) is 2.35. The van der Waals surface area contributed by atoms with Gasteiger partial charge in [-0.3, -0.25) is 9.91 Å². The van der Waals surface area contributed by atoms with Crippen molar-refractivity contribution in [2.24, 2.45) is 5.10 Å². The van der Waals surface area contributed by atoms with Gasteiger partial charge in [0.25, 0.3) is 0 Å². The molecule has 0 spiro atoms. The Labute approximate surface area is 148 Å². The van der Waals surface area contributed by atoms with Gasteiger partial charge in [0.15, 0.2) is 5.76 Å².